The molecule has 0 aliphatic heterocycles. The molecule has 2 aromatic rings. The molecule has 0 radical (unpaired) electrons. The summed E-state index contributed by atoms with van der Waals surface area (Å²) in [4.78, 5) is 0. The molecule has 0 amide bonds. The van der Waals surface area contributed by atoms with Gasteiger partial charge >= 0.3 is 0 Å². The van der Waals surface area contributed by atoms with Crippen molar-refractivity contribution in [1.82, 2.24) is 0 Å². The van der Waals surface area contributed by atoms with E-state index in [1.165, 1.54) is 0 Å². The van der Waals surface area contributed by atoms with Crippen molar-refractivity contribution in [2.24, 2.45) is 0 Å². The third-order valence-corrected chi connectivity index (χ3v) is 2.20. The Balaban J connectivity index is 2.14. The second-order valence-corrected chi connectivity index (χ2v) is 4.59. The van der Waals surface area contributed by atoms with E-state index in [2.05, 4.69) is 23.7 Å². The molecule has 0 bridgehead atoms. The highest BCUT2D eigenvalue weighted by Gasteiger charge is 2.06. The maximum absolute atomic E-state index is 9.49. The highest BCUT2D eigenvalue weighted by Crippen LogP contribution is 2.07. The average Bonchev–Trinajstić information content (AvgIpc) is 2.82. The van der Waals surface area contributed by atoms with Crippen molar-refractivity contribution in [3.8, 4) is 23.7 Å². The molecule has 0 spiro atoms. The van der Waals surface area contributed by atoms with Gasteiger partial charge in [-0.3, -0.25) is 0 Å². The van der Waals surface area contributed by atoms with Gasteiger partial charge in [0, 0.05) is 5.56 Å². The van der Waals surface area contributed by atoms with Crippen LogP contribution in [0.3, 0.4) is 0 Å². The van der Waals surface area contributed by atoms with E-state index in [1.54, 1.807) is 26.0 Å². The lowest BCUT2D eigenvalue weighted by Gasteiger charge is -2.05. The van der Waals surface area contributed by atoms with E-state index < -0.39 is 5.60 Å². The molecule has 1 N–H and O–H groups in total. The number of benzene rings is 1. The molecular formula is C17H14O2. The van der Waals surface area contributed by atoms with Crippen molar-refractivity contribution in [3.63, 3.8) is 0 Å². The van der Waals surface area contributed by atoms with Crippen LogP contribution >= 0.6 is 0 Å². The van der Waals surface area contributed by atoms with Crippen LogP contribution in [0.2, 0.25) is 0 Å². The zero-order chi connectivity index (χ0) is 13.7. The quantitative estimate of drug-likeness (QED) is 0.729. The number of hydrogen-bond donors (Lipinski definition) is 1. The van der Waals surface area contributed by atoms with Crippen LogP contribution in [0.5, 0.6) is 0 Å². The maximum Gasteiger partial charge on any atom is 0.178 e. The molecule has 0 saturated carbocycles. The fourth-order valence-corrected chi connectivity index (χ4v) is 1.34. The third kappa shape index (κ3) is 4.39. The maximum atomic E-state index is 9.49. The van der Waals surface area contributed by atoms with E-state index in [1.807, 2.05) is 30.3 Å². The first-order valence-corrected chi connectivity index (χ1v) is 5.95. The Kier molecular flexibility index (Phi) is 3.76. The molecule has 1 aromatic carbocycles. The Morgan fingerprint density at radius 3 is 2.16 bits per heavy atom. The summed E-state index contributed by atoms with van der Waals surface area (Å²) in [7, 11) is 0. The minimum atomic E-state index is -1.03. The monoisotopic (exact) mass is 250 g/mol. The number of aliphatic hydroxyl groups is 1. The van der Waals surface area contributed by atoms with Gasteiger partial charge in [0.25, 0.3) is 0 Å². The van der Waals surface area contributed by atoms with E-state index in [9.17, 15) is 5.11 Å². The van der Waals surface area contributed by atoms with Crippen molar-refractivity contribution in [2.75, 3.05) is 0 Å². The summed E-state index contributed by atoms with van der Waals surface area (Å²) in [5.74, 6) is 12.5. The summed E-state index contributed by atoms with van der Waals surface area (Å²) in [5, 5.41) is 9.49. The van der Waals surface area contributed by atoms with Gasteiger partial charge in [0.1, 0.15) is 5.60 Å². The Labute approximate surface area is 113 Å². The largest absolute Gasteiger partial charge is 0.439 e. The molecule has 0 unspecified atom stereocenters. The zero-order valence-corrected chi connectivity index (χ0v) is 10.9. The average molecular weight is 250 g/mol. The van der Waals surface area contributed by atoms with Crippen LogP contribution in [0.1, 0.15) is 30.9 Å². The van der Waals surface area contributed by atoms with E-state index in [0.29, 0.717) is 11.5 Å². The van der Waals surface area contributed by atoms with Gasteiger partial charge in [-0.15, -0.1) is 0 Å². The van der Waals surface area contributed by atoms with Crippen molar-refractivity contribution < 1.29 is 9.52 Å². The molecule has 19 heavy (non-hydrogen) atoms. The molecule has 0 saturated heterocycles. The Morgan fingerprint density at radius 2 is 1.53 bits per heavy atom. The number of hydrogen-bond acceptors (Lipinski definition) is 2. The minimum Gasteiger partial charge on any atom is -0.439 e. The third-order valence-electron chi connectivity index (χ3n) is 2.20. The van der Waals surface area contributed by atoms with Crippen molar-refractivity contribution >= 4 is 0 Å². The van der Waals surface area contributed by atoms with Gasteiger partial charge < -0.3 is 9.52 Å². The number of furan rings is 1. The van der Waals surface area contributed by atoms with Gasteiger partial charge in [-0.25, -0.2) is 0 Å². The molecule has 2 rings (SSSR count). The zero-order valence-electron chi connectivity index (χ0n) is 10.9. The highest BCUT2D eigenvalue weighted by atomic mass is 16.3. The van der Waals surface area contributed by atoms with Crippen molar-refractivity contribution in [1.29, 1.82) is 0 Å². The lowest BCUT2D eigenvalue weighted by molar-refractivity contribution is 0.143. The summed E-state index contributed by atoms with van der Waals surface area (Å²) in [6.07, 6.45) is 0. The van der Waals surface area contributed by atoms with E-state index >= 15 is 0 Å². The lowest BCUT2D eigenvalue weighted by atomic mass is 10.1. The summed E-state index contributed by atoms with van der Waals surface area (Å²) < 4.78 is 5.44. The molecule has 1 heterocycles. The summed E-state index contributed by atoms with van der Waals surface area (Å²) in [5.41, 5.74) is -0.0918. The van der Waals surface area contributed by atoms with E-state index in [4.69, 9.17) is 4.42 Å². The van der Waals surface area contributed by atoms with Crippen LogP contribution in [-0.2, 0) is 0 Å². The standard InChI is InChI=1S/C17H14O2/c1-17(2,18)13-12-16-11-10-15(19-16)9-8-14-6-4-3-5-7-14/h3-7,10-11,18H,1-2H3. The van der Waals surface area contributed by atoms with E-state index in [-0.39, 0.29) is 0 Å². The smallest absolute Gasteiger partial charge is 0.178 e. The topological polar surface area (TPSA) is 33.4 Å². The molecular weight excluding hydrogens is 236 g/mol. The predicted molar refractivity (Wildman–Crippen MR) is 74.3 cm³/mol. The second kappa shape index (κ2) is 5.48. The van der Waals surface area contributed by atoms with Gasteiger partial charge in [0.05, 0.1) is 0 Å². The summed E-state index contributed by atoms with van der Waals surface area (Å²) in [6, 6.07) is 13.2. The Morgan fingerprint density at radius 1 is 0.895 bits per heavy atom. The van der Waals surface area contributed by atoms with Gasteiger partial charge in [-0.1, -0.05) is 30.0 Å². The van der Waals surface area contributed by atoms with Crippen LogP contribution < -0.4 is 0 Å². The Bertz CT molecular complexity index is 665. The molecule has 94 valence electrons. The number of rotatable bonds is 0. The summed E-state index contributed by atoms with van der Waals surface area (Å²) >= 11 is 0. The molecule has 2 nitrogen and oxygen atoms in total. The van der Waals surface area contributed by atoms with Crippen LogP contribution in [0, 0.1) is 23.7 Å². The molecule has 0 aliphatic rings. The van der Waals surface area contributed by atoms with E-state index in [0.717, 1.165) is 5.56 Å². The summed E-state index contributed by atoms with van der Waals surface area (Å²) in [6.45, 7) is 3.25. The van der Waals surface area contributed by atoms with Gasteiger partial charge in [-0.2, -0.15) is 0 Å². The van der Waals surface area contributed by atoms with Gasteiger partial charge in [0.15, 0.2) is 11.5 Å². The highest BCUT2D eigenvalue weighted by molar-refractivity contribution is 5.40. The molecule has 0 fully saturated rings. The molecule has 0 aliphatic carbocycles. The van der Waals surface area contributed by atoms with Crippen LogP contribution in [0.4, 0.5) is 0 Å². The van der Waals surface area contributed by atoms with Crippen LogP contribution in [0.15, 0.2) is 46.9 Å². The fourth-order valence-electron chi connectivity index (χ4n) is 1.34. The predicted octanol–water partition coefficient (Wildman–Crippen LogP) is 2.80. The fraction of sp³-hybridized carbons (Fsp3) is 0.176. The van der Waals surface area contributed by atoms with Gasteiger partial charge in [0.2, 0.25) is 0 Å². The SMILES string of the molecule is CC(C)(O)C#Cc1ccc(C#Cc2ccccc2)o1. The van der Waals surface area contributed by atoms with Crippen LogP contribution in [0.25, 0.3) is 0 Å². The first-order chi connectivity index (χ1) is 9.03. The molecule has 2 heteroatoms. The molecule has 0 atom stereocenters. The van der Waals surface area contributed by atoms with Crippen molar-refractivity contribution in [3.05, 3.63) is 59.5 Å². The minimum absolute atomic E-state index is 0.500. The Hall–Kier alpha value is -2.42. The second-order valence-electron chi connectivity index (χ2n) is 4.59. The normalized spacial score (nSPS) is 10.1. The van der Waals surface area contributed by atoms with Crippen molar-refractivity contribution in [2.45, 2.75) is 19.4 Å². The van der Waals surface area contributed by atoms with Crippen LogP contribution in [-0.4, -0.2) is 10.7 Å². The van der Waals surface area contributed by atoms with Gasteiger partial charge in [-0.05, 0) is 50.0 Å². The molecule has 1 aromatic heterocycles. The lowest BCUT2D eigenvalue weighted by Crippen LogP contribution is -2.14. The first kappa shape index (κ1) is 13.0. The first-order valence-electron chi connectivity index (χ1n) is 5.95.